The van der Waals surface area contributed by atoms with Gasteiger partial charge in [0, 0.05) is 31.9 Å². The molecule has 1 aliphatic rings. The first kappa shape index (κ1) is 20.2. The lowest BCUT2D eigenvalue weighted by Crippen LogP contribution is -2.40. The number of carbonyl (C=O) groups is 1. The van der Waals surface area contributed by atoms with Crippen LogP contribution in [0.25, 0.3) is 0 Å². The van der Waals surface area contributed by atoms with E-state index in [-0.39, 0.29) is 16.9 Å². The van der Waals surface area contributed by atoms with Crippen molar-refractivity contribution in [2.45, 2.75) is 64.4 Å². The average molecular weight is 431 g/mol. The number of benzene rings is 1. The second kappa shape index (κ2) is 7.27. The standard InChI is InChI=1S/C18H27BrN2O3S/c1-17(2,3)24-16(22)21-10-9-14(20-25(23)18(4,5)6)13-8-7-12(19)11-15(13)21/h7-8,11,14,25H,9-10H2,1-6H3. The molecule has 1 aromatic carbocycles. The minimum atomic E-state index is -1.70. The van der Waals surface area contributed by atoms with Crippen LogP contribution in [0.1, 0.15) is 59.6 Å². The van der Waals surface area contributed by atoms with Gasteiger partial charge in [-0.15, -0.1) is 0 Å². The first-order valence-corrected chi connectivity index (χ1v) is 10.4. The zero-order valence-corrected chi connectivity index (χ0v) is 18.1. The van der Waals surface area contributed by atoms with E-state index in [4.69, 9.17) is 4.74 Å². The quantitative estimate of drug-likeness (QED) is 0.630. The van der Waals surface area contributed by atoms with Crippen molar-refractivity contribution in [1.82, 2.24) is 0 Å². The molecular weight excluding hydrogens is 404 g/mol. The Labute approximate surface area is 160 Å². The Hall–Kier alpha value is -1.08. The molecule has 1 amide bonds. The van der Waals surface area contributed by atoms with Gasteiger partial charge in [-0.1, -0.05) is 22.0 Å². The fraction of sp³-hybridized carbons (Fsp3) is 0.611. The van der Waals surface area contributed by atoms with Crippen LogP contribution in [0.4, 0.5) is 10.5 Å². The Morgan fingerprint density at radius 1 is 1.28 bits per heavy atom. The monoisotopic (exact) mass is 430 g/mol. The molecule has 2 rings (SSSR count). The van der Waals surface area contributed by atoms with E-state index in [0.717, 1.165) is 15.7 Å². The summed E-state index contributed by atoms with van der Waals surface area (Å²) in [5.41, 5.74) is 1.12. The van der Waals surface area contributed by atoms with Crippen molar-refractivity contribution in [3.8, 4) is 0 Å². The molecule has 0 saturated carbocycles. The number of hydrogen-bond acceptors (Lipinski definition) is 4. The smallest absolute Gasteiger partial charge is 0.414 e. The minimum absolute atomic E-state index is 0.176. The van der Waals surface area contributed by atoms with E-state index in [9.17, 15) is 9.00 Å². The van der Waals surface area contributed by atoms with Crippen molar-refractivity contribution in [2.75, 3.05) is 11.4 Å². The van der Waals surface area contributed by atoms with E-state index in [0.29, 0.717) is 13.0 Å². The second-order valence-corrected chi connectivity index (χ2v) is 11.2. The van der Waals surface area contributed by atoms with Gasteiger partial charge in [-0.25, -0.2) is 9.16 Å². The number of rotatable bonds is 1. The molecule has 5 nitrogen and oxygen atoms in total. The summed E-state index contributed by atoms with van der Waals surface area (Å²) in [6.07, 6.45) is 0.260. The van der Waals surface area contributed by atoms with Crippen LogP contribution >= 0.6 is 15.9 Å². The van der Waals surface area contributed by atoms with Crippen molar-refractivity contribution >= 4 is 38.3 Å². The highest BCUT2D eigenvalue weighted by Crippen LogP contribution is 2.39. The predicted molar refractivity (Wildman–Crippen MR) is 107 cm³/mol. The first-order valence-electron chi connectivity index (χ1n) is 8.36. The fourth-order valence-electron chi connectivity index (χ4n) is 2.49. The molecule has 0 bridgehead atoms. The van der Waals surface area contributed by atoms with Crippen molar-refractivity contribution < 1.29 is 13.7 Å². The number of halogens is 1. The van der Waals surface area contributed by atoms with Crippen molar-refractivity contribution in [3.63, 3.8) is 0 Å². The Bertz CT molecular complexity index is 744. The number of thiol groups is 1. The lowest BCUT2D eigenvalue weighted by atomic mass is 9.97. The Morgan fingerprint density at radius 2 is 1.92 bits per heavy atom. The molecule has 0 radical (unpaired) electrons. The number of carbonyl (C=O) groups excluding carboxylic acids is 1. The number of anilines is 1. The predicted octanol–water partition coefficient (Wildman–Crippen LogP) is 5.10. The molecule has 7 heteroatoms. The molecule has 2 atom stereocenters. The van der Waals surface area contributed by atoms with E-state index in [1.54, 1.807) is 4.90 Å². The summed E-state index contributed by atoms with van der Waals surface area (Å²) in [7, 11) is -1.70. The zero-order valence-electron chi connectivity index (χ0n) is 15.7. The van der Waals surface area contributed by atoms with Gasteiger partial charge in [0.1, 0.15) is 5.60 Å². The van der Waals surface area contributed by atoms with E-state index in [1.165, 1.54) is 0 Å². The van der Waals surface area contributed by atoms with E-state index in [1.807, 2.05) is 59.7 Å². The van der Waals surface area contributed by atoms with Gasteiger partial charge in [-0.2, -0.15) is 0 Å². The van der Waals surface area contributed by atoms with Crippen LogP contribution in [0.15, 0.2) is 27.0 Å². The van der Waals surface area contributed by atoms with Gasteiger partial charge in [0.05, 0.1) is 11.7 Å². The summed E-state index contributed by atoms with van der Waals surface area (Å²) in [6.45, 7) is 11.8. The summed E-state index contributed by atoms with van der Waals surface area (Å²) < 4.78 is 23.1. The van der Waals surface area contributed by atoms with E-state index >= 15 is 0 Å². The second-order valence-electron chi connectivity index (χ2n) is 8.20. The van der Waals surface area contributed by atoms with Crippen LogP contribution in [0, 0.1) is 0 Å². The largest absolute Gasteiger partial charge is 0.443 e. The molecule has 0 saturated heterocycles. The maximum absolute atomic E-state index is 12.6. The van der Waals surface area contributed by atoms with Crippen molar-refractivity contribution in [1.29, 1.82) is 0 Å². The number of nitrogens with zero attached hydrogens (tertiary/aromatic N) is 2. The Kier molecular flexibility index (Phi) is 5.88. The molecule has 2 unspecified atom stereocenters. The molecule has 0 spiro atoms. The first-order chi connectivity index (χ1) is 11.4. The zero-order chi connectivity index (χ0) is 19.0. The molecule has 25 heavy (non-hydrogen) atoms. The third kappa shape index (κ3) is 5.20. The van der Waals surface area contributed by atoms with Gasteiger partial charge in [0.25, 0.3) is 0 Å². The molecule has 1 aliphatic heterocycles. The molecule has 0 aromatic heterocycles. The highest BCUT2D eigenvalue weighted by Gasteiger charge is 2.32. The Morgan fingerprint density at radius 3 is 2.48 bits per heavy atom. The summed E-state index contributed by atoms with van der Waals surface area (Å²) in [4.78, 5) is 14.2. The third-order valence-corrected chi connectivity index (χ3v) is 5.83. The highest BCUT2D eigenvalue weighted by atomic mass is 79.9. The normalized spacial score (nSPS) is 19.5. The molecule has 1 heterocycles. The van der Waals surface area contributed by atoms with Gasteiger partial charge in [0.15, 0.2) is 0 Å². The average Bonchev–Trinajstić information content (AvgIpc) is 2.44. The van der Waals surface area contributed by atoms with Gasteiger partial charge < -0.3 is 4.74 Å². The molecule has 0 fully saturated rings. The van der Waals surface area contributed by atoms with Crippen LogP contribution in [-0.2, 0) is 15.3 Å². The van der Waals surface area contributed by atoms with E-state index in [2.05, 4.69) is 20.3 Å². The highest BCUT2D eigenvalue weighted by molar-refractivity contribution is 9.10. The molecule has 140 valence electrons. The summed E-state index contributed by atoms with van der Waals surface area (Å²) >= 11 is 3.46. The fourth-order valence-corrected chi connectivity index (χ4v) is 3.67. The lowest BCUT2D eigenvalue weighted by Gasteiger charge is -2.34. The maximum atomic E-state index is 12.6. The number of ether oxygens (including phenoxy) is 1. The van der Waals surface area contributed by atoms with Crippen molar-refractivity contribution in [3.05, 3.63) is 28.2 Å². The van der Waals surface area contributed by atoms with Crippen LogP contribution in [0.2, 0.25) is 0 Å². The van der Waals surface area contributed by atoms with Gasteiger partial charge >= 0.3 is 6.09 Å². The topological polar surface area (TPSA) is 59.0 Å². The SMILES string of the molecule is CC(C)(C)OC(=O)N1CCC(/N=[SH](=O)/C(C)(C)C)c2ccc(Br)cc21. The van der Waals surface area contributed by atoms with Gasteiger partial charge in [0.2, 0.25) is 0 Å². The maximum Gasteiger partial charge on any atom is 0.414 e. The van der Waals surface area contributed by atoms with Crippen LogP contribution in [0.3, 0.4) is 0 Å². The molecule has 1 aromatic rings. The minimum Gasteiger partial charge on any atom is -0.443 e. The summed E-state index contributed by atoms with van der Waals surface area (Å²) in [6, 6.07) is 5.58. The van der Waals surface area contributed by atoms with E-state index < -0.39 is 16.2 Å². The molecule has 0 aliphatic carbocycles. The third-order valence-electron chi connectivity index (χ3n) is 3.70. The lowest BCUT2D eigenvalue weighted by molar-refractivity contribution is 0.0576. The van der Waals surface area contributed by atoms with Crippen LogP contribution in [-0.4, -0.2) is 27.2 Å². The van der Waals surface area contributed by atoms with Crippen LogP contribution in [0.5, 0.6) is 0 Å². The summed E-state index contributed by atoms with van der Waals surface area (Å²) in [5.74, 6) is 0. The van der Waals surface area contributed by atoms with Crippen molar-refractivity contribution in [2.24, 2.45) is 4.36 Å². The number of amides is 1. The number of fused-ring (bicyclic) bond motifs is 1. The molecular formula is C18H27BrN2O3S. The van der Waals surface area contributed by atoms with Gasteiger partial charge in [-0.3, -0.25) is 9.11 Å². The number of hydrogen-bond donors (Lipinski definition) is 1. The Balaban J connectivity index is 2.42. The summed E-state index contributed by atoms with van der Waals surface area (Å²) in [5, 5.41) is 0. The van der Waals surface area contributed by atoms with Gasteiger partial charge in [-0.05, 0) is 60.1 Å². The molecule has 0 N–H and O–H groups in total. The van der Waals surface area contributed by atoms with Crippen LogP contribution < -0.4 is 4.90 Å².